The first-order chi connectivity index (χ1) is 8.70. The lowest BCUT2D eigenvalue weighted by Crippen LogP contribution is -2.27. The molecule has 4 nitrogen and oxygen atoms in total. The first kappa shape index (κ1) is 13.7. The SMILES string of the molecule is CC1CC(=O)N(C)c2cc(N)cc(C(C)(C)C)c2O1. The van der Waals surface area contributed by atoms with Crippen molar-refractivity contribution in [3.05, 3.63) is 17.7 Å². The molecule has 0 saturated carbocycles. The number of nitrogen functional groups attached to an aromatic ring is 1. The topological polar surface area (TPSA) is 55.6 Å². The zero-order valence-electron chi connectivity index (χ0n) is 12.3. The number of ether oxygens (including phenoxy) is 1. The Bertz CT molecular complexity index is 518. The quantitative estimate of drug-likeness (QED) is 0.731. The molecule has 1 aliphatic heterocycles. The van der Waals surface area contributed by atoms with Crippen LogP contribution in [0.15, 0.2) is 12.1 Å². The highest BCUT2D eigenvalue weighted by Crippen LogP contribution is 2.42. The van der Waals surface area contributed by atoms with Gasteiger partial charge in [-0.3, -0.25) is 4.79 Å². The van der Waals surface area contributed by atoms with Crippen molar-refractivity contribution in [2.24, 2.45) is 0 Å². The first-order valence-corrected chi connectivity index (χ1v) is 6.57. The maximum Gasteiger partial charge on any atom is 0.230 e. The number of anilines is 2. The third-order valence-corrected chi connectivity index (χ3v) is 3.42. The van der Waals surface area contributed by atoms with Crippen LogP contribution in [-0.4, -0.2) is 19.1 Å². The highest BCUT2D eigenvalue weighted by atomic mass is 16.5. The number of amides is 1. The van der Waals surface area contributed by atoms with Crippen LogP contribution in [0.5, 0.6) is 5.75 Å². The predicted octanol–water partition coefficient (Wildman–Crippen LogP) is 2.70. The monoisotopic (exact) mass is 262 g/mol. The maximum atomic E-state index is 12.1. The molecule has 1 atom stereocenters. The van der Waals surface area contributed by atoms with Gasteiger partial charge in [-0.25, -0.2) is 0 Å². The molecule has 1 aliphatic rings. The highest BCUT2D eigenvalue weighted by Gasteiger charge is 2.30. The summed E-state index contributed by atoms with van der Waals surface area (Å²) in [6.07, 6.45) is 0.259. The van der Waals surface area contributed by atoms with Gasteiger partial charge in [0.1, 0.15) is 11.9 Å². The van der Waals surface area contributed by atoms with Crippen LogP contribution in [0.25, 0.3) is 0 Å². The van der Waals surface area contributed by atoms with Gasteiger partial charge in [0.05, 0.1) is 12.1 Å². The van der Waals surface area contributed by atoms with Gasteiger partial charge in [0, 0.05) is 18.3 Å². The number of hydrogen-bond donors (Lipinski definition) is 1. The minimum atomic E-state index is -0.124. The molecule has 0 spiro atoms. The van der Waals surface area contributed by atoms with E-state index in [2.05, 4.69) is 20.8 Å². The maximum absolute atomic E-state index is 12.1. The van der Waals surface area contributed by atoms with Crippen molar-refractivity contribution >= 4 is 17.3 Å². The zero-order chi connectivity index (χ0) is 14.4. The van der Waals surface area contributed by atoms with Crippen molar-refractivity contribution in [1.29, 1.82) is 0 Å². The predicted molar refractivity (Wildman–Crippen MR) is 77.7 cm³/mol. The average molecular weight is 262 g/mol. The zero-order valence-corrected chi connectivity index (χ0v) is 12.3. The largest absolute Gasteiger partial charge is 0.488 e. The first-order valence-electron chi connectivity index (χ1n) is 6.57. The summed E-state index contributed by atoms with van der Waals surface area (Å²) in [5.74, 6) is 0.833. The van der Waals surface area contributed by atoms with E-state index in [0.29, 0.717) is 12.1 Å². The van der Waals surface area contributed by atoms with Gasteiger partial charge in [-0.2, -0.15) is 0 Å². The number of carbonyl (C=O) groups is 1. The highest BCUT2D eigenvalue weighted by molar-refractivity contribution is 5.96. The molecule has 1 heterocycles. The van der Waals surface area contributed by atoms with E-state index in [1.54, 1.807) is 18.0 Å². The molecule has 2 rings (SSSR count). The second-order valence-electron chi connectivity index (χ2n) is 6.25. The Morgan fingerprint density at radius 2 is 2.00 bits per heavy atom. The van der Waals surface area contributed by atoms with Gasteiger partial charge >= 0.3 is 0 Å². The van der Waals surface area contributed by atoms with Crippen LogP contribution >= 0.6 is 0 Å². The summed E-state index contributed by atoms with van der Waals surface area (Å²) in [5, 5.41) is 0. The smallest absolute Gasteiger partial charge is 0.230 e. The Morgan fingerprint density at radius 3 is 2.58 bits per heavy atom. The molecule has 19 heavy (non-hydrogen) atoms. The van der Waals surface area contributed by atoms with Crippen molar-refractivity contribution in [1.82, 2.24) is 0 Å². The summed E-state index contributed by atoms with van der Waals surface area (Å²) in [4.78, 5) is 13.7. The molecule has 2 N–H and O–H groups in total. The van der Waals surface area contributed by atoms with E-state index in [9.17, 15) is 4.79 Å². The molecule has 0 fully saturated rings. The van der Waals surface area contributed by atoms with E-state index in [1.807, 2.05) is 13.0 Å². The number of carbonyl (C=O) groups excluding carboxylic acids is 1. The summed E-state index contributed by atoms with van der Waals surface area (Å²) < 4.78 is 5.99. The number of nitrogens with zero attached hydrogens (tertiary/aromatic N) is 1. The summed E-state index contributed by atoms with van der Waals surface area (Å²) >= 11 is 0. The van der Waals surface area contributed by atoms with E-state index >= 15 is 0 Å². The summed E-state index contributed by atoms with van der Waals surface area (Å²) in [6, 6.07) is 3.75. The number of nitrogens with two attached hydrogens (primary N) is 1. The van der Waals surface area contributed by atoms with Crippen molar-refractivity contribution in [3.8, 4) is 5.75 Å². The number of benzene rings is 1. The Hall–Kier alpha value is -1.71. The summed E-state index contributed by atoms with van der Waals surface area (Å²) in [5.41, 5.74) is 8.34. The number of rotatable bonds is 0. The summed E-state index contributed by atoms with van der Waals surface area (Å²) in [7, 11) is 1.77. The van der Waals surface area contributed by atoms with Gasteiger partial charge < -0.3 is 15.4 Å². The van der Waals surface area contributed by atoms with E-state index in [4.69, 9.17) is 10.5 Å². The molecular formula is C15H22N2O2. The third-order valence-electron chi connectivity index (χ3n) is 3.42. The molecule has 0 radical (unpaired) electrons. The van der Waals surface area contributed by atoms with Crippen LogP contribution < -0.4 is 15.4 Å². The Labute approximate surface area is 114 Å². The Balaban J connectivity index is 2.69. The second-order valence-corrected chi connectivity index (χ2v) is 6.25. The van der Waals surface area contributed by atoms with Gasteiger partial charge in [0.2, 0.25) is 5.91 Å². The van der Waals surface area contributed by atoms with Crippen molar-refractivity contribution < 1.29 is 9.53 Å². The molecule has 4 heteroatoms. The van der Waals surface area contributed by atoms with Crippen molar-refractivity contribution in [2.45, 2.75) is 45.6 Å². The lowest BCUT2D eigenvalue weighted by molar-refractivity contribution is -0.119. The normalized spacial score (nSPS) is 19.7. The van der Waals surface area contributed by atoms with Crippen LogP contribution in [0.2, 0.25) is 0 Å². The minimum Gasteiger partial charge on any atom is -0.488 e. The van der Waals surface area contributed by atoms with Crippen molar-refractivity contribution in [3.63, 3.8) is 0 Å². The van der Waals surface area contributed by atoms with Gasteiger partial charge in [-0.15, -0.1) is 0 Å². The molecule has 0 aromatic heterocycles. The molecule has 1 aromatic rings. The van der Waals surface area contributed by atoms with Gasteiger partial charge in [-0.05, 0) is 24.5 Å². The number of fused-ring (bicyclic) bond motifs is 1. The number of hydrogen-bond acceptors (Lipinski definition) is 3. The molecular weight excluding hydrogens is 240 g/mol. The second kappa shape index (κ2) is 4.44. The minimum absolute atomic E-state index is 0.0525. The van der Waals surface area contributed by atoms with E-state index in [0.717, 1.165) is 17.0 Å². The van der Waals surface area contributed by atoms with E-state index in [-0.39, 0.29) is 17.4 Å². The van der Waals surface area contributed by atoms with Crippen LogP contribution in [0, 0.1) is 0 Å². The lowest BCUT2D eigenvalue weighted by atomic mass is 9.85. The molecule has 0 saturated heterocycles. The van der Waals surface area contributed by atoms with Crippen LogP contribution in [0.1, 0.15) is 39.7 Å². The van der Waals surface area contributed by atoms with E-state index < -0.39 is 0 Å². The van der Waals surface area contributed by atoms with Gasteiger partial charge in [0.25, 0.3) is 0 Å². The van der Waals surface area contributed by atoms with E-state index in [1.165, 1.54) is 0 Å². The third kappa shape index (κ3) is 2.53. The van der Waals surface area contributed by atoms with Crippen LogP contribution in [-0.2, 0) is 10.2 Å². The van der Waals surface area contributed by atoms with Gasteiger partial charge in [0.15, 0.2) is 0 Å². The summed E-state index contributed by atoms with van der Waals surface area (Å²) in [6.45, 7) is 8.26. The molecule has 104 valence electrons. The molecule has 0 bridgehead atoms. The van der Waals surface area contributed by atoms with Crippen LogP contribution in [0.3, 0.4) is 0 Å². The standard InChI is InChI=1S/C15H22N2O2/c1-9-6-13(18)17(5)12-8-10(16)7-11(14(12)19-9)15(2,3)4/h7-9H,6,16H2,1-5H3. The fourth-order valence-corrected chi connectivity index (χ4v) is 2.33. The average Bonchev–Trinajstić information content (AvgIpc) is 2.37. The van der Waals surface area contributed by atoms with Gasteiger partial charge in [-0.1, -0.05) is 20.8 Å². The fraction of sp³-hybridized carbons (Fsp3) is 0.533. The molecule has 1 aromatic carbocycles. The molecule has 1 unspecified atom stereocenters. The van der Waals surface area contributed by atoms with Crippen molar-refractivity contribution in [2.75, 3.05) is 17.7 Å². The van der Waals surface area contributed by atoms with Crippen LogP contribution in [0.4, 0.5) is 11.4 Å². The lowest BCUT2D eigenvalue weighted by Gasteiger charge is -2.27. The fourth-order valence-electron chi connectivity index (χ4n) is 2.33. The Kier molecular flexibility index (Phi) is 3.20. The Morgan fingerprint density at radius 1 is 1.37 bits per heavy atom. The molecule has 1 amide bonds. The molecule has 0 aliphatic carbocycles.